The lowest BCUT2D eigenvalue weighted by molar-refractivity contribution is -0.113. The molecule has 0 atom stereocenters. The number of rotatable bonds is 7. The molecule has 176 valence electrons. The Balaban J connectivity index is 1.59. The van der Waals surface area contributed by atoms with Crippen molar-refractivity contribution < 1.29 is 19.0 Å². The third-order valence-corrected chi connectivity index (χ3v) is 6.46. The second-order valence-electron chi connectivity index (χ2n) is 7.64. The van der Waals surface area contributed by atoms with Crippen LogP contribution in [-0.2, 0) is 4.79 Å². The third-order valence-electron chi connectivity index (χ3n) is 5.45. The molecule has 1 aliphatic heterocycles. The molecule has 3 aromatic carbocycles. The van der Waals surface area contributed by atoms with Crippen molar-refractivity contribution >= 4 is 44.5 Å². The Morgan fingerprint density at radius 3 is 2.51 bits per heavy atom. The van der Waals surface area contributed by atoms with E-state index in [4.69, 9.17) is 24.2 Å². The summed E-state index contributed by atoms with van der Waals surface area (Å²) >= 11 is 1.43. The summed E-state index contributed by atoms with van der Waals surface area (Å²) in [6, 6.07) is 20.8. The number of amidine groups is 1. The van der Waals surface area contributed by atoms with E-state index in [0.29, 0.717) is 34.8 Å². The van der Waals surface area contributed by atoms with E-state index in [-0.39, 0.29) is 5.91 Å². The molecule has 4 aromatic rings. The molecule has 1 aromatic heterocycles. The number of nitrogens with zero attached hydrogens (tertiary/aromatic N) is 3. The van der Waals surface area contributed by atoms with E-state index in [2.05, 4.69) is 0 Å². The highest BCUT2D eigenvalue weighted by atomic mass is 32.1. The Bertz CT molecular complexity index is 1460. The molecule has 0 aliphatic carbocycles. The molecular weight excluding hydrogens is 462 g/mol. The highest BCUT2D eigenvalue weighted by Gasteiger charge is 2.34. The largest absolute Gasteiger partial charge is 0.494 e. The first-order chi connectivity index (χ1) is 17.1. The molecular formula is C27H23N3O4S. The minimum atomic E-state index is -0.247. The van der Waals surface area contributed by atoms with Crippen LogP contribution in [0.1, 0.15) is 18.1 Å². The molecule has 0 fully saturated rings. The fourth-order valence-electron chi connectivity index (χ4n) is 3.82. The summed E-state index contributed by atoms with van der Waals surface area (Å²) in [4.78, 5) is 24.7. The van der Waals surface area contributed by atoms with E-state index in [9.17, 15) is 4.79 Å². The Morgan fingerprint density at radius 1 is 0.971 bits per heavy atom. The summed E-state index contributed by atoms with van der Waals surface area (Å²) in [5, 5.41) is 0.553. The second kappa shape index (κ2) is 9.60. The van der Waals surface area contributed by atoms with Gasteiger partial charge in [-0.3, -0.25) is 4.79 Å². The van der Waals surface area contributed by atoms with Gasteiger partial charge >= 0.3 is 0 Å². The summed E-state index contributed by atoms with van der Waals surface area (Å²) in [7, 11) is 3.16. The molecule has 0 radical (unpaired) electrons. The Kier molecular flexibility index (Phi) is 6.20. The summed E-state index contributed by atoms with van der Waals surface area (Å²) < 4.78 is 17.3. The summed E-state index contributed by atoms with van der Waals surface area (Å²) in [6.07, 6.45) is 1.74. The van der Waals surface area contributed by atoms with Crippen LogP contribution in [0.25, 0.3) is 16.3 Å². The van der Waals surface area contributed by atoms with Gasteiger partial charge in [-0.2, -0.15) is 0 Å². The van der Waals surface area contributed by atoms with Crippen LogP contribution in [0.3, 0.4) is 0 Å². The van der Waals surface area contributed by atoms with Crippen molar-refractivity contribution in [2.24, 2.45) is 4.99 Å². The normalized spacial score (nSPS) is 14.5. The van der Waals surface area contributed by atoms with E-state index < -0.39 is 0 Å². The quantitative estimate of drug-likeness (QED) is 0.321. The number of hydrogen-bond acceptors (Lipinski definition) is 7. The highest BCUT2D eigenvalue weighted by molar-refractivity contribution is 7.22. The molecule has 0 N–H and O–H groups in total. The van der Waals surface area contributed by atoms with E-state index in [1.807, 2.05) is 67.6 Å². The maximum Gasteiger partial charge on any atom is 0.284 e. The first kappa shape index (κ1) is 22.6. The number of carbonyl (C=O) groups excluding carboxylic acids is 1. The number of aliphatic imine (C=N–C) groups is 1. The molecule has 2 heterocycles. The molecule has 0 unspecified atom stereocenters. The molecule has 35 heavy (non-hydrogen) atoms. The van der Waals surface area contributed by atoms with Crippen LogP contribution in [0.4, 0.5) is 5.13 Å². The lowest BCUT2D eigenvalue weighted by Crippen LogP contribution is -2.32. The zero-order valence-corrected chi connectivity index (χ0v) is 20.3. The Morgan fingerprint density at radius 2 is 1.77 bits per heavy atom. The van der Waals surface area contributed by atoms with Gasteiger partial charge in [0.25, 0.3) is 5.91 Å². The van der Waals surface area contributed by atoms with Gasteiger partial charge in [0.2, 0.25) is 0 Å². The van der Waals surface area contributed by atoms with E-state index in [1.165, 1.54) is 11.3 Å². The smallest absolute Gasteiger partial charge is 0.284 e. The summed E-state index contributed by atoms with van der Waals surface area (Å²) in [6.45, 7) is 2.52. The van der Waals surface area contributed by atoms with Gasteiger partial charge in [0.15, 0.2) is 16.6 Å². The number of amides is 1. The van der Waals surface area contributed by atoms with Crippen LogP contribution in [0.2, 0.25) is 0 Å². The van der Waals surface area contributed by atoms with Gasteiger partial charge in [-0.1, -0.05) is 47.7 Å². The van der Waals surface area contributed by atoms with Crippen LogP contribution >= 0.6 is 11.3 Å². The average Bonchev–Trinajstić information content (AvgIpc) is 3.45. The van der Waals surface area contributed by atoms with Crippen molar-refractivity contribution in [1.29, 1.82) is 0 Å². The van der Waals surface area contributed by atoms with Gasteiger partial charge in [-0.15, -0.1) is 0 Å². The van der Waals surface area contributed by atoms with Crippen molar-refractivity contribution in [3.63, 3.8) is 0 Å². The number of fused-ring (bicyclic) bond motifs is 1. The van der Waals surface area contributed by atoms with Crippen LogP contribution < -0.4 is 19.1 Å². The lowest BCUT2D eigenvalue weighted by Gasteiger charge is -2.14. The van der Waals surface area contributed by atoms with E-state index >= 15 is 0 Å². The first-order valence-corrected chi connectivity index (χ1v) is 11.9. The van der Waals surface area contributed by atoms with E-state index in [0.717, 1.165) is 27.1 Å². The number of anilines is 1. The van der Waals surface area contributed by atoms with Crippen molar-refractivity contribution in [3.8, 4) is 17.2 Å². The topological polar surface area (TPSA) is 73.2 Å². The third kappa shape index (κ3) is 4.36. The average molecular weight is 486 g/mol. The lowest BCUT2D eigenvalue weighted by atomic mass is 10.1. The molecule has 0 spiro atoms. The molecule has 0 saturated carbocycles. The second-order valence-corrected chi connectivity index (χ2v) is 8.65. The zero-order valence-electron chi connectivity index (χ0n) is 19.5. The maximum atomic E-state index is 13.6. The minimum Gasteiger partial charge on any atom is -0.494 e. The van der Waals surface area contributed by atoms with Gasteiger partial charge in [0, 0.05) is 5.56 Å². The Labute approximate surface area is 206 Å². The van der Waals surface area contributed by atoms with Crippen LogP contribution in [0.15, 0.2) is 77.4 Å². The number of aromatic nitrogens is 1. The number of hydrogen-bond donors (Lipinski definition) is 0. The van der Waals surface area contributed by atoms with Crippen molar-refractivity contribution in [3.05, 3.63) is 83.6 Å². The standard InChI is InChI=1S/C27H23N3O4S/c1-4-34-19-11-12-20-24(16-19)35-27(29-20)30-25(18-8-6-5-7-9-18)28-21(26(30)31)14-17-10-13-22(32-2)23(15-17)33-3/h5-16H,4H2,1-3H3. The molecule has 8 heteroatoms. The monoisotopic (exact) mass is 485 g/mol. The number of benzene rings is 3. The fraction of sp³-hybridized carbons (Fsp3) is 0.148. The number of carbonyl (C=O) groups is 1. The number of thiazole rings is 1. The van der Waals surface area contributed by atoms with Crippen LogP contribution in [0.5, 0.6) is 17.2 Å². The number of ether oxygens (including phenoxy) is 3. The van der Waals surface area contributed by atoms with Gasteiger partial charge in [-0.05, 0) is 48.9 Å². The SMILES string of the molecule is CCOc1ccc2nc(N3C(=O)C(=Cc4ccc(OC)c(OC)c4)N=C3c3ccccc3)sc2c1. The number of methoxy groups -OCH3 is 2. The van der Waals surface area contributed by atoms with E-state index in [1.54, 1.807) is 31.3 Å². The summed E-state index contributed by atoms with van der Waals surface area (Å²) in [5.74, 6) is 2.25. The molecule has 1 amide bonds. The Hall–Kier alpha value is -4.17. The van der Waals surface area contributed by atoms with Gasteiger partial charge in [0.05, 0.1) is 31.0 Å². The zero-order chi connectivity index (χ0) is 24.4. The van der Waals surface area contributed by atoms with Gasteiger partial charge in [0.1, 0.15) is 17.3 Å². The summed E-state index contributed by atoms with van der Waals surface area (Å²) in [5.41, 5.74) is 2.71. The van der Waals surface area contributed by atoms with Crippen LogP contribution in [-0.4, -0.2) is 37.6 Å². The van der Waals surface area contributed by atoms with Crippen LogP contribution in [0, 0.1) is 0 Å². The van der Waals surface area contributed by atoms with Gasteiger partial charge in [-0.25, -0.2) is 14.9 Å². The van der Waals surface area contributed by atoms with Crippen molar-refractivity contribution in [1.82, 2.24) is 4.98 Å². The van der Waals surface area contributed by atoms with Crippen molar-refractivity contribution in [2.75, 3.05) is 25.7 Å². The predicted molar refractivity (Wildman–Crippen MR) is 139 cm³/mol. The highest BCUT2D eigenvalue weighted by Crippen LogP contribution is 2.36. The molecule has 0 bridgehead atoms. The van der Waals surface area contributed by atoms with Crippen molar-refractivity contribution in [2.45, 2.75) is 6.92 Å². The maximum absolute atomic E-state index is 13.6. The van der Waals surface area contributed by atoms with Gasteiger partial charge < -0.3 is 14.2 Å². The molecule has 0 saturated heterocycles. The predicted octanol–water partition coefficient (Wildman–Crippen LogP) is 5.55. The molecule has 5 rings (SSSR count). The molecule has 7 nitrogen and oxygen atoms in total. The minimum absolute atomic E-state index is 0.247. The first-order valence-electron chi connectivity index (χ1n) is 11.1. The fourth-order valence-corrected chi connectivity index (χ4v) is 4.82. The molecule has 1 aliphatic rings.